The maximum absolute atomic E-state index is 12.5. The Morgan fingerprint density at radius 3 is 2.73 bits per heavy atom. The molecule has 0 unspecified atom stereocenters. The number of allylic oxidation sites excluding steroid dienone is 1. The second-order valence-corrected chi connectivity index (χ2v) is 4.92. The smallest absolute Gasteiger partial charge is 0.231 e. The van der Waals surface area contributed by atoms with Crippen LogP contribution in [0.4, 0.5) is 0 Å². The van der Waals surface area contributed by atoms with Gasteiger partial charge in [-0.2, -0.15) is 5.26 Å². The molecule has 0 radical (unpaired) electrons. The molecule has 0 saturated carbocycles. The van der Waals surface area contributed by atoms with E-state index in [9.17, 15) is 10.1 Å². The summed E-state index contributed by atoms with van der Waals surface area (Å²) in [5.74, 6) is 0.807. The number of nitrogens with zero attached hydrogens (tertiary/aromatic N) is 1. The quantitative estimate of drug-likeness (QED) is 0.493. The Kier molecular flexibility index (Phi) is 3.63. The van der Waals surface area contributed by atoms with Crippen molar-refractivity contribution in [1.29, 1.82) is 5.26 Å². The second kappa shape index (κ2) is 5.74. The third-order valence-electron chi connectivity index (χ3n) is 3.49. The van der Waals surface area contributed by atoms with E-state index < -0.39 is 0 Å². The van der Waals surface area contributed by atoms with Crippen molar-refractivity contribution >= 4 is 11.9 Å². The molecular weight excluding hydrogens is 278 g/mol. The Hall–Kier alpha value is -3.06. The van der Waals surface area contributed by atoms with Crippen LogP contribution in [0.2, 0.25) is 0 Å². The standard InChI is InChI=1S/C18H13NO3/c1-12-4-2-3-5-13(12)8-15(10-19)18(20)14-6-7-16-17(9-14)22-11-21-16/h2-9H,11H2,1H3/b15-8-. The van der Waals surface area contributed by atoms with Gasteiger partial charge < -0.3 is 9.47 Å². The molecular formula is C18H13NO3. The fourth-order valence-electron chi connectivity index (χ4n) is 2.25. The van der Waals surface area contributed by atoms with Gasteiger partial charge in [0.05, 0.1) is 0 Å². The molecule has 0 aliphatic carbocycles. The number of fused-ring (bicyclic) bond motifs is 1. The average molecular weight is 291 g/mol. The van der Waals surface area contributed by atoms with Crippen LogP contribution in [0.1, 0.15) is 21.5 Å². The predicted molar refractivity (Wildman–Crippen MR) is 81.7 cm³/mol. The summed E-state index contributed by atoms with van der Waals surface area (Å²) in [7, 11) is 0. The molecule has 2 aromatic carbocycles. The van der Waals surface area contributed by atoms with Gasteiger partial charge in [-0.3, -0.25) is 4.79 Å². The molecule has 2 aromatic rings. The molecule has 0 aromatic heterocycles. The van der Waals surface area contributed by atoms with E-state index in [0.29, 0.717) is 17.1 Å². The highest BCUT2D eigenvalue weighted by Crippen LogP contribution is 2.33. The number of ketones is 1. The summed E-state index contributed by atoms with van der Waals surface area (Å²) in [4.78, 5) is 12.5. The van der Waals surface area contributed by atoms with Crippen LogP contribution in [0.3, 0.4) is 0 Å². The molecule has 0 saturated heterocycles. The molecule has 0 atom stereocenters. The maximum Gasteiger partial charge on any atom is 0.231 e. The van der Waals surface area contributed by atoms with E-state index in [4.69, 9.17) is 9.47 Å². The van der Waals surface area contributed by atoms with Crippen molar-refractivity contribution in [2.45, 2.75) is 6.92 Å². The van der Waals surface area contributed by atoms with Crippen LogP contribution in [0.25, 0.3) is 6.08 Å². The first-order valence-electron chi connectivity index (χ1n) is 6.81. The Morgan fingerprint density at radius 1 is 1.18 bits per heavy atom. The van der Waals surface area contributed by atoms with E-state index in [-0.39, 0.29) is 18.1 Å². The second-order valence-electron chi connectivity index (χ2n) is 4.92. The van der Waals surface area contributed by atoms with Crippen LogP contribution >= 0.6 is 0 Å². The lowest BCUT2D eigenvalue weighted by molar-refractivity contribution is 0.103. The summed E-state index contributed by atoms with van der Waals surface area (Å²) in [5.41, 5.74) is 2.36. The van der Waals surface area contributed by atoms with Gasteiger partial charge in [-0.1, -0.05) is 24.3 Å². The van der Waals surface area contributed by atoms with E-state index in [1.54, 1.807) is 24.3 Å². The van der Waals surface area contributed by atoms with Crippen LogP contribution < -0.4 is 9.47 Å². The van der Waals surface area contributed by atoms with E-state index in [2.05, 4.69) is 0 Å². The molecule has 1 aliphatic heterocycles. The predicted octanol–water partition coefficient (Wildman–Crippen LogP) is 3.51. The fourth-order valence-corrected chi connectivity index (χ4v) is 2.25. The van der Waals surface area contributed by atoms with E-state index in [1.807, 2.05) is 37.3 Å². The number of hydrogen-bond acceptors (Lipinski definition) is 4. The number of nitriles is 1. The number of ether oxygens (including phenoxy) is 2. The molecule has 22 heavy (non-hydrogen) atoms. The normalized spacial score (nSPS) is 12.8. The van der Waals surface area contributed by atoms with Crippen molar-refractivity contribution in [3.05, 3.63) is 64.7 Å². The van der Waals surface area contributed by atoms with Gasteiger partial charge in [0.25, 0.3) is 0 Å². The molecule has 0 bridgehead atoms. The number of rotatable bonds is 3. The van der Waals surface area contributed by atoms with Crippen molar-refractivity contribution in [1.82, 2.24) is 0 Å². The van der Waals surface area contributed by atoms with Crippen LogP contribution in [0.5, 0.6) is 11.5 Å². The molecule has 0 spiro atoms. The Labute approximate surface area is 128 Å². The van der Waals surface area contributed by atoms with Gasteiger partial charge in [0.15, 0.2) is 11.5 Å². The maximum atomic E-state index is 12.5. The molecule has 0 amide bonds. The Morgan fingerprint density at radius 2 is 1.95 bits per heavy atom. The molecule has 4 nitrogen and oxygen atoms in total. The molecule has 0 fully saturated rings. The molecule has 4 heteroatoms. The van der Waals surface area contributed by atoms with Gasteiger partial charge in [0.2, 0.25) is 12.6 Å². The van der Waals surface area contributed by atoms with E-state index in [0.717, 1.165) is 11.1 Å². The summed E-state index contributed by atoms with van der Waals surface area (Å²) in [6.07, 6.45) is 1.61. The van der Waals surface area contributed by atoms with Gasteiger partial charge in [-0.05, 0) is 42.3 Å². The van der Waals surface area contributed by atoms with Crippen molar-refractivity contribution in [2.24, 2.45) is 0 Å². The number of carbonyl (C=O) groups is 1. The van der Waals surface area contributed by atoms with Gasteiger partial charge in [-0.15, -0.1) is 0 Å². The highest BCUT2D eigenvalue weighted by molar-refractivity contribution is 6.14. The number of Topliss-reactive ketones (excluding diaryl/α,β-unsaturated/α-hetero) is 1. The van der Waals surface area contributed by atoms with Crippen LogP contribution in [-0.2, 0) is 0 Å². The van der Waals surface area contributed by atoms with Crippen LogP contribution in [-0.4, -0.2) is 12.6 Å². The number of hydrogen-bond donors (Lipinski definition) is 0. The highest BCUT2D eigenvalue weighted by Gasteiger charge is 2.18. The zero-order chi connectivity index (χ0) is 15.5. The van der Waals surface area contributed by atoms with Crippen molar-refractivity contribution in [3.63, 3.8) is 0 Å². The summed E-state index contributed by atoms with van der Waals surface area (Å²) in [5, 5.41) is 9.31. The fraction of sp³-hybridized carbons (Fsp3) is 0.111. The number of benzene rings is 2. The minimum atomic E-state index is -0.330. The molecule has 1 aliphatic rings. The lowest BCUT2D eigenvalue weighted by atomic mass is 10.00. The summed E-state index contributed by atoms with van der Waals surface area (Å²) >= 11 is 0. The van der Waals surface area contributed by atoms with E-state index in [1.165, 1.54) is 0 Å². The van der Waals surface area contributed by atoms with Gasteiger partial charge in [0.1, 0.15) is 11.6 Å². The van der Waals surface area contributed by atoms with Gasteiger partial charge >= 0.3 is 0 Å². The largest absolute Gasteiger partial charge is 0.454 e. The first-order valence-corrected chi connectivity index (χ1v) is 6.81. The summed E-state index contributed by atoms with van der Waals surface area (Å²) < 4.78 is 10.5. The molecule has 0 N–H and O–H groups in total. The first kappa shape index (κ1) is 13.9. The zero-order valence-corrected chi connectivity index (χ0v) is 12.0. The van der Waals surface area contributed by atoms with Crippen LogP contribution in [0, 0.1) is 18.3 Å². The minimum Gasteiger partial charge on any atom is -0.454 e. The molecule has 108 valence electrons. The number of carbonyl (C=O) groups excluding carboxylic acids is 1. The lowest BCUT2D eigenvalue weighted by Gasteiger charge is -2.03. The third-order valence-corrected chi connectivity index (χ3v) is 3.49. The molecule has 1 heterocycles. The van der Waals surface area contributed by atoms with Crippen molar-refractivity contribution in [2.75, 3.05) is 6.79 Å². The first-order chi connectivity index (χ1) is 10.7. The van der Waals surface area contributed by atoms with Crippen molar-refractivity contribution < 1.29 is 14.3 Å². The zero-order valence-electron chi connectivity index (χ0n) is 12.0. The lowest BCUT2D eigenvalue weighted by Crippen LogP contribution is -2.02. The highest BCUT2D eigenvalue weighted by atomic mass is 16.7. The monoisotopic (exact) mass is 291 g/mol. The van der Waals surface area contributed by atoms with Crippen molar-refractivity contribution in [3.8, 4) is 17.6 Å². The third kappa shape index (κ3) is 2.57. The van der Waals surface area contributed by atoms with Gasteiger partial charge in [-0.25, -0.2) is 0 Å². The average Bonchev–Trinajstić information content (AvgIpc) is 3.01. The topological polar surface area (TPSA) is 59.3 Å². The Bertz CT molecular complexity index is 815. The Balaban J connectivity index is 1.96. The van der Waals surface area contributed by atoms with Gasteiger partial charge in [0, 0.05) is 5.56 Å². The number of aryl methyl sites for hydroxylation is 1. The molecule has 3 rings (SSSR count). The summed E-state index contributed by atoms with van der Waals surface area (Å²) in [6, 6.07) is 14.5. The minimum absolute atomic E-state index is 0.0909. The SMILES string of the molecule is Cc1ccccc1/C=C(/C#N)C(=O)c1ccc2c(c1)OCO2. The van der Waals surface area contributed by atoms with E-state index >= 15 is 0 Å². The summed E-state index contributed by atoms with van der Waals surface area (Å²) in [6.45, 7) is 2.09. The van der Waals surface area contributed by atoms with Crippen LogP contribution in [0.15, 0.2) is 48.0 Å².